The number of aromatic nitrogens is 2. The highest BCUT2D eigenvalue weighted by atomic mass is 79.9. The maximum Gasteiger partial charge on any atom is 0.277 e. The van der Waals surface area contributed by atoms with Crippen LogP contribution in [0.2, 0.25) is 0 Å². The Morgan fingerprint density at radius 3 is 2.92 bits per heavy atom. The highest BCUT2D eigenvalue weighted by molar-refractivity contribution is 9.10. The number of nitrogens with one attached hydrogen (secondary N) is 1. The lowest BCUT2D eigenvalue weighted by Gasteiger charge is -2.29. The smallest absolute Gasteiger partial charge is 0.277 e. The Balaban J connectivity index is 1.54. The van der Waals surface area contributed by atoms with Crippen LogP contribution < -0.4 is 5.32 Å². The van der Waals surface area contributed by atoms with E-state index in [1.165, 1.54) is 31.0 Å². The molecule has 1 amide bonds. The van der Waals surface area contributed by atoms with E-state index < -0.39 is 0 Å². The van der Waals surface area contributed by atoms with Gasteiger partial charge in [0.1, 0.15) is 0 Å². The summed E-state index contributed by atoms with van der Waals surface area (Å²) in [6, 6.07) is 7.96. The van der Waals surface area contributed by atoms with Gasteiger partial charge in [0.15, 0.2) is 0 Å². The minimum atomic E-state index is 0.0272. The monoisotopic (exact) mass is 409 g/mol. The van der Waals surface area contributed by atoms with Gasteiger partial charge in [0, 0.05) is 10.5 Å². The number of halogens is 1. The van der Waals surface area contributed by atoms with E-state index in [1.54, 1.807) is 0 Å². The van der Waals surface area contributed by atoms with Gasteiger partial charge in [0.05, 0.1) is 11.3 Å². The van der Waals surface area contributed by atoms with Gasteiger partial charge in [-0.1, -0.05) is 43.7 Å². The van der Waals surface area contributed by atoms with Gasteiger partial charge in [-0.15, -0.1) is 10.2 Å². The molecule has 2 unspecified atom stereocenters. The predicted octanol–water partition coefficient (Wildman–Crippen LogP) is 4.29. The maximum absolute atomic E-state index is 12.1. The zero-order valence-corrected chi connectivity index (χ0v) is 15.9. The molecule has 1 saturated carbocycles. The lowest BCUT2D eigenvalue weighted by Crippen LogP contribution is -2.41. The van der Waals surface area contributed by atoms with Crippen LogP contribution in [0.4, 0.5) is 0 Å². The van der Waals surface area contributed by atoms with E-state index in [4.69, 9.17) is 4.42 Å². The molecular formula is C17H20BrN3O2S. The molecule has 1 aliphatic rings. The van der Waals surface area contributed by atoms with Crippen LogP contribution in [-0.2, 0) is 4.79 Å². The summed E-state index contributed by atoms with van der Waals surface area (Å²) >= 11 is 4.74. The first kappa shape index (κ1) is 17.5. The molecule has 1 aromatic carbocycles. The molecule has 2 atom stereocenters. The Morgan fingerprint density at radius 1 is 1.33 bits per heavy atom. The van der Waals surface area contributed by atoms with Gasteiger partial charge < -0.3 is 9.73 Å². The molecule has 1 heterocycles. The minimum Gasteiger partial charge on any atom is -0.411 e. The Kier molecular flexibility index (Phi) is 5.94. The first-order chi connectivity index (χ1) is 11.6. The number of hydrogen-bond acceptors (Lipinski definition) is 5. The van der Waals surface area contributed by atoms with Gasteiger partial charge in [0.25, 0.3) is 5.22 Å². The lowest BCUT2D eigenvalue weighted by molar-refractivity contribution is -0.119. The summed E-state index contributed by atoms with van der Waals surface area (Å²) in [5.74, 6) is 1.32. The van der Waals surface area contributed by atoms with Gasteiger partial charge in [0.2, 0.25) is 11.8 Å². The summed E-state index contributed by atoms with van der Waals surface area (Å²) < 4.78 is 6.54. The molecule has 1 fully saturated rings. The summed E-state index contributed by atoms with van der Waals surface area (Å²) in [6.07, 6.45) is 4.73. The zero-order chi connectivity index (χ0) is 16.9. The van der Waals surface area contributed by atoms with E-state index in [2.05, 4.69) is 38.4 Å². The fourth-order valence-electron chi connectivity index (χ4n) is 2.92. The van der Waals surface area contributed by atoms with Crippen LogP contribution in [0.15, 0.2) is 38.4 Å². The standard InChI is InChI=1S/C17H20BrN3O2S/c1-11-6-2-5-9-14(11)19-15(22)10-24-17-21-20-16(23-17)12-7-3-4-8-13(12)18/h3-4,7-8,11,14H,2,5-6,9-10H2,1H3,(H,19,22). The van der Waals surface area contributed by atoms with Crippen molar-refractivity contribution in [2.24, 2.45) is 5.92 Å². The third-order valence-electron chi connectivity index (χ3n) is 4.30. The van der Waals surface area contributed by atoms with Crippen LogP contribution in [-0.4, -0.2) is 27.9 Å². The molecule has 0 saturated heterocycles. The quantitative estimate of drug-likeness (QED) is 0.745. The number of carbonyl (C=O) groups is 1. The van der Waals surface area contributed by atoms with Crippen LogP contribution in [0.1, 0.15) is 32.6 Å². The SMILES string of the molecule is CC1CCCCC1NC(=O)CSc1nnc(-c2ccccc2Br)o1. The molecule has 0 aliphatic heterocycles. The van der Waals surface area contributed by atoms with Gasteiger partial charge in [-0.25, -0.2) is 0 Å². The van der Waals surface area contributed by atoms with Crippen LogP contribution in [0.3, 0.4) is 0 Å². The van der Waals surface area contributed by atoms with Crippen LogP contribution in [0, 0.1) is 5.92 Å². The third-order valence-corrected chi connectivity index (χ3v) is 5.81. The first-order valence-corrected chi connectivity index (χ1v) is 9.92. The number of thioether (sulfide) groups is 1. The molecule has 0 bridgehead atoms. The average Bonchev–Trinajstić information content (AvgIpc) is 3.04. The first-order valence-electron chi connectivity index (χ1n) is 8.14. The maximum atomic E-state index is 12.1. The number of carbonyl (C=O) groups excluding carboxylic acids is 1. The van der Waals surface area contributed by atoms with Gasteiger partial charge in [-0.05, 0) is 46.8 Å². The van der Waals surface area contributed by atoms with Crippen LogP contribution in [0.25, 0.3) is 11.5 Å². The van der Waals surface area contributed by atoms with Crippen LogP contribution in [0.5, 0.6) is 0 Å². The van der Waals surface area contributed by atoms with Gasteiger partial charge in [-0.3, -0.25) is 4.79 Å². The summed E-state index contributed by atoms with van der Waals surface area (Å²) in [5.41, 5.74) is 0.845. The van der Waals surface area contributed by atoms with E-state index in [-0.39, 0.29) is 5.91 Å². The van der Waals surface area contributed by atoms with Crippen molar-refractivity contribution >= 4 is 33.6 Å². The largest absolute Gasteiger partial charge is 0.411 e. The molecule has 1 aromatic heterocycles. The van der Waals surface area contributed by atoms with Crippen molar-refractivity contribution < 1.29 is 9.21 Å². The molecule has 0 spiro atoms. The molecule has 3 rings (SSSR count). The summed E-state index contributed by atoms with van der Waals surface area (Å²) in [7, 11) is 0. The summed E-state index contributed by atoms with van der Waals surface area (Å²) in [4.78, 5) is 12.1. The van der Waals surface area contributed by atoms with E-state index in [0.717, 1.165) is 16.5 Å². The number of hydrogen-bond donors (Lipinski definition) is 1. The predicted molar refractivity (Wildman–Crippen MR) is 97.7 cm³/mol. The molecule has 0 radical (unpaired) electrons. The van der Waals surface area contributed by atoms with Crippen molar-refractivity contribution in [2.45, 2.75) is 43.9 Å². The molecular weight excluding hydrogens is 390 g/mol. The van der Waals surface area contributed by atoms with Gasteiger partial charge in [-0.2, -0.15) is 0 Å². The van der Waals surface area contributed by atoms with Crippen molar-refractivity contribution in [3.63, 3.8) is 0 Å². The summed E-state index contributed by atoms with van der Waals surface area (Å²) in [5, 5.41) is 11.6. The second-order valence-electron chi connectivity index (χ2n) is 6.08. The highest BCUT2D eigenvalue weighted by Gasteiger charge is 2.23. The van der Waals surface area contributed by atoms with Crippen molar-refractivity contribution in [3.8, 4) is 11.5 Å². The Bertz CT molecular complexity index is 707. The molecule has 1 N–H and O–H groups in total. The molecule has 128 valence electrons. The molecule has 24 heavy (non-hydrogen) atoms. The molecule has 7 heteroatoms. The zero-order valence-electron chi connectivity index (χ0n) is 13.5. The van der Waals surface area contributed by atoms with Crippen molar-refractivity contribution in [3.05, 3.63) is 28.7 Å². The van der Waals surface area contributed by atoms with Crippen molar-refractivity contribution in [1.82, 2.24) is 15.5 Å². The van der Waals surface area contributed by atoms with E-state index in [9.17, 15) is 4.79 Å². The van der Waals surface area contributed by atoms with Crippen molar-refractivity contribution in [1.29, 1.82) is 0 Å². The van der Waals surface area contributed by atoms with Crippen molar-refractivity contribution in [2.75, 3.05) is 5.75 Å². The number of benzene rings is 1. The van der Waals surface area contributed by atoms with E-state index in [0.29, 0.717) is 28.8 Å². The molecule has 2 aromatic rings. The normalized spacial score (nSPS) is 20.8. The fraction of sp³-hybridized carbons (Fsp3) is 0.471. The Hall–Kier alpha value is -1.34. The third kappa shape index (κ3) is 4.39. The topological polar surface area (TPSA) is 68.0 Å². The van der Waals surface area contributed by atoms with Gasteiger partial charge >= 0.3 is 0 Å². The Morgan fingerprint density at radius 2 is 2.12 bits per heavy atom. The van der Waals surface area contributed by atoms with E-state index in [1.807, 2.05) is 24.3 Å². The summed E-state index contributed by atoms with van der Waals surface area (Å²) in [6.45, 7) is 2.21. The number of amides is 1. The van der Waals surface area contributed by atoms with Crippen LogP contribution >= 0.6 is 27.7 Å². The number of nitrogens with zero attached hydrogens (tertiary/aromatic N) is 2. The lowest BCUT2D eigenvalue weighted by atomic mass is 9.86. The second-order valence-corrected chi connectivity index (χ2v) is 7.86. The Labute approximate surface area is 154 Å². The minimum absolute atomic E-state index is 0.0272. The highest BCUT2D eigenvalue weighted by Crippen LogP contribution is 2.29. The molecule has 1 aliphatic carbocycles. The number of rotatable bonds is 5. The van der Waals surface area contributed by atoms with E-state index >= 15 is 0 Å². The average molecular weight is 410 g/mol. The fourth-order valence-corrected chi connectivity index (χ4v) is 3.95. The molecule has 5 nitrogen and oxygen atoms in total. The second kappa shape index (κ2) is 8.16.